The van der Waals surface area contributed by atoms with E-state index in [-0.39, 0.29) is 11.8 Å². The minimum Gasteiger partial charge on any atom is -0.493 e. The fourth-order valence-corrected chi connectivity index (χ4v) is 3.98. The monoisotopic (exact) mass is 405 g/mol. The molecule has 2 aliphatic rings. The summed E-state index contributed by atoms with van der Waals surface area (Å²) in [6.07, 6.45) is 3.41. The van der Waals surface area contributed by atoms with E-state index >= 15 is 0 Å². The molecule has 2 heterocycles. The highest BCUT2D eigenvalue weighted by molar-refractivity contribution is 5.98. The topological polar surface area (TPSA) is 71.6 Å². The summed E-state index contributed by atoms with van der Waals surface area (Å²) < 4.78 is 16.1. The van der Waals surface area contributed by atoms with E-state index in [1.165, 1.54) is 20.6 Å². The summed E-state index contributed by atoms with van der Waals surface area (Å²) in [6.45, 7) is 4.68. The molecule has 1 aromatic carbocycles. The van der Waals surface area contributed by atoms with Gasteiger partial charge in [-0.1, -0.05) is 0 Å². The Labute approximate surface area is 172 Å². The Hall–Kier alpha value is -2.48. The van der Waals surface area contributed by atoms with E-state index in [4.69, 9.17) is 14.2 Å². The van der Waals surface area contributed by atoms with Crippen molar-refractivity contribution in [3.63, 3.8) is 0 Å². The summed E-state index contributed by atoms with van der Waals surface area (Å²) in [5.74, 6) is 1.39. The number of benzene rings is 1. The smallest absolute Gasteiger partial charge is 0.257 e. The van der Waals surface area contributed by atoms with Crippen LogP contribution in [-0.2, 0) is 4.79 Å². The summed E-state index contributed by atoms with van der Waals surface area (Å²) in [4.78, 5) is 31.5. The molecule has 0 bridgehead atoms. The number of piperazine rings is 1. The molecule has 0 unspecified atom stereocenters. The van der Waals surface area contributed by atoms with Crippen molar-refractivity contribution < 1.29 is 23.8 Å². The number of rotatable bonds is 6. The van der Waals surface area contributed by atoms with Crippen molar-refractivity contribution in [2.24, 2.45) is 0 Å². The van der Waals surface area contributed by atoms with Gasteiger partial charge in [0.2, 0.25) is 11.7 Å². The molecule has 8 heteroatoms. The van der Waals surface area contributed by atoms with Crippen molar-refractivity contribution in [1.82, 2.24) is 14.7 Å². The average molecular weight is 405 g/mol. The number of piperidine rings is 1. The van der Waals surface area contributed by atoms with Crippen molar-refractivity contribution in [2.75, 3.05) is 67.1 Å². The third kappa shape index (κ3) is 4.75. The maximum Gasteiger partial charge on any atom is 0.257 e. The largest absolute Gasteiger partial charge is 0.493 e. The molecular weight excluding hydrogens is 374 g/mol. The van der Waals surface area contributed by atoms with Gasteiger partial charge in [0.1, 0.15) is 0 Å². The van der Waals surface area contributed by atoms with Gasteiger partial charge in [-0.05, 0) is 31.4 Å². The first-order valence-electron chi connectivity index (χ1n) is 10.2. The SMILES string of the molecule is COc1ccc(C(=O)N2CCN(CC(=O)N3CCCCC3)CC2)c(OC)c1OC. The molecule has 2 saturated heterocycles. The second-order valence-corrected chi connectivity index (χ2v) is 7.39. The van der Waals surface area contributed by atoms with Gasteiger partial charge in [0.15, 0.2) is 11.5 Å². The van der Waals surface area contributed by atoms with Crippen LogP contribution in [0.25, 0.3) is 0 Å². The van der Waals surface area contributed by atoms with Crippen LogP contribution in [0.15, 0.2) is 12.1 Å². The van der Waals surface area contributed by atoms with E-state index in [1.807, 2.05) is 4.90 Å². The maximum absolute atomic E-state index is 13.1. The Bertz CT molecular complexity index is 725. The Morgan fingerprint density at radius 3 is 2.03 bits per heavy atom. The standard InChI is InChI=1S/C21H31N3O5/c1-27-17-8-7-16(19(28-2)20(17)29-3)21(26)24-13-11-22(12-14-24)15-18(25)23-9-5-4-6-10-23/h7-8H,4-6,9-15H2,1-3H3. The van der Waals surface area contributed by atoms with Gasteiger partial charge < -0.3 is 24.0 Å². The molecule has 0 aliphatic carbocycles. The number of amides is 2. The van der Waals surface area contributed by atoms with Crippen LogP contribution in [0.1, 0.15) is 29.6 Å². The molecule has 0 atom stereocenters. The fourth-order valence-electron chi connectivity index (χ4n) is 3.98. The highest BCUT2D eigenvalue weighted by Crippen LogP contribution is 2.40. The van der Waals surface area contributed by atoms with Crippen LogP contribution in [0.3, 0.4) is 0 Å². The molecule has 160 valence electrons. The average Bonchev–Trinajstić information content (AvgIpc) is 2.78. The molecule has 2 aliphatic heterocycles. The lowest BCUT2D eigenvalue weighted by Crippen LogP contribution is -2.52. The Balaban J connectivity index is 1.61. The Kier molecular flexibility index (Phi) is 7.19. The van der Waals surface area contributed by atoms with Crippen molar-refractivity contribution in [2.45, 2.75) is 19.3 Å². The lowest BCUT2D eigenvalue weighted by molar-refractivity contribution is -0.133. The van der Waals surface area contributed by atoms with E-state index in [2.05, 4.69) is 4.90 Å². The zero-order valence-corrected chi connectivity index (χ0v) is 17.6. The Morgan fingerprint density at radius 2 is 1.45 bits per heavy atom. The Morgan fingerprint density at radius 1 is 0.793 bits per heavy atom. The summed E-state index contributed by atoms with van der Waals surface area (Å²) in [5, 5.41) is 0. The van der Waals surface area contributed by atoms with Gasteiger partial charge >= 0.3 is 0 Å². The van der Waals surface area contributed by atoms with E-state index in [0.717, 1.165) is 25.9 Å². The number of ether oxygens (including phenoxy) is 3. The summed E-state index contributed by atoms with van der Waals surface area (Å²) >= 11 is 0. The molecule has 0 radical (unpaired) electrons. The number of hydrogen-bond acceptors (Lipinski definition) is 6. The first-order valence-corrected chi connectivity index (χ1v) is 10.2. The first kappa shape index (κ1) is 21.2. The second-order valence-electron chi connectivity index (χ2n) is 7.39. The summed E-state index contributed by atoms with van der Waals surface area (Å²) in [5.41, 5.74) is 0.447. The predicted octanol–water partition coefficient (Wildman–Crippen LogP) is 1.48. The molecular formula is C21H31N3O5. The van der Waals surface area contributed by atoms with Crippen LogP contribution >= 0.6 is 0 Å². The lowest BCUT2D eigenvalue weighted by Gasteiger charge is -2.36. The molecule has 0 saturated carbocycles. The van der Waals surface area contributed by atoms with Crippen molar-refractivity contribution >= 4 is 11.8 Å². The predicted molar refractivity (Wildman–Crippen MR) is 109 cm³/mol. The number of carbonyl (C=O) groups is 2. The number of nitrogens with zero attached hydrogens (tertiary/aromatic N) is 3. The van der Waals surface area contributed by atoms with Gasteiger partial charge in [-0.25, -0.2) is 0 Å². The number of likely N-dealkylation sites (tertiary alicyclic amines) is 1. The highest BCUT2D eigenvalue weighted by atomic mass is 16.5. The van der Waals surface area contributed by atoms with Crippen molar-refractivity contribution in [3.05, 3.63) is 17.7 Å². The third-order valence-electron chi connectivity index (χ3n) is 5.66. The third-order valence-corrected chi connectivity index (χ3v) is 5.66. The molecule has 29 heavy (non-hydrogen) atoms. The summed E-state index contributed by atoms with van der Waals surface area (Å²) in [6, 6.07) is 3.41. The molecule has 0 N–H and O–H groups in total. The van der Waals surface area contributed by atoms with E-state index in [0.29, 0.717) is 55.5 Å². The number of hydrogen-bond donors (Lipinski definition) is 0. The van der Waals surface area contributed by atoms with Crippen molar-refractivity contribution in [1.29, 1.82) is 0 Å². The van der Waals surface area contributed by atoms with Crippen LogP contribution in [0.4, 0.5) is 0 Å². The van der Waals surface area contributed by atoms with Gasteiger partial charge in [-0.2, -0.15) is 0 Å². The molecule has 3 rings (SSSR count). The van der Waals surface area contributed by atoms with Crippen molar-refractivity contribution in [3.8, 4) is 17.2 Å². The molecule has 8 nitrogen and oxygen atoms in total. The number of carbonyl (C=O) groups excluding carboxylic acids is 2. The normalized spacial score (nSPS) is 17.8. The second kappa shape index (κ2) is 9.82. The summed E-state index contributed by atoms with van der Waals surface area (Å²) in [7, 11) is 4.58. The maximum atomic E-state index is 13.1. The molecule has 1 aromatic rings. The molecule has 2 fully saturated rings. The van der Waals surface area contributed by atoms with E-state index in [9.17, 15) is 9.59 Å². The van der Waals surface area contributed by atoms with Crippen LogP contribution in [0.5, 0.6) is 17.2 Å². The fraction of sp³-hybridized carbons (Fsp3) is 0.619. The van der Waals surface area contributed by atoms with Gasteiger partial charge in [0, 0.05) is 39.3 Å². The quantitative estimate of drug-likeness (QED) is 0.714. The van der Waals surface area contributed by atoms with Gasteiger partial charge in [-0.15, -0.1) is 0 Å². The minimum absolute atomic E-state index is 0.107. The van der Waals surface area contributed by atoms with Gasteiger partial charge in [0.05, 0.1) is 33.4 Å². The minimum atomic E-state index is -0.107. The van der Waals surface area contributed by atoms with E-state index < -0.39 is 0 Å². The molecule has 0 aromatic heterocycles. The van der Waals surface area contributed by atoms with Crippen LogP contribution in [0.2, 0.25) is 0 Å². The number of methoxy groups -OCH3 is 3. The van der Waals surface area contributed by atoms with Gasteiger partial charge in [-0.3, -0.25) is 14.5 Å². The van der Waals surface area contributed by atoms with Gasteiger partial charge in [0.25, 0.3) is 5.91 Å². The zero-order valence-electron chi connectivity index (χ0n) is 17.6. The first-order chi connectivity index (χ1) is 14.1. The molecule has 2 amide bonds. The zero-order chi connectivity index (χ0) is 20.8. The van der Waals surface area contributed by atoms with Crippen LogP contribution in [-0.4, -0.2) is 93.7 Å². The lowest BCUT2D eigenvalue weighted by atomic mass is 10.1. The molecule has 0 spiro atoms. The van der Waals surface area contributed by atoms with E-state index in [1.54, 1.807) is 24.1 Å². The van der Waals surface area contributed by atoms with Crippen LogP contribution in [0, 0.1) is 0 Å². The highest BCUT2D eigenvalue weighted by Gasteiger charge is 2.28. The van der Waals surface area contributed by atoms with Crippen LogP contribution < -0.4 is 14.2 Å².